The van der Waals surface area contributed by atoms with Gasteiger partial charge in [0.25, 0.3) is 0 Å². The van der Waals surface area contributed by atoms with Crippen LogP contribution in [0.25, 0.3) is 0 Å². The smallest absolute Gasteiger partial charge is 0.234 e. The van der Waals surface area contributed by atoms with Gasteiger partial charge in [-0.25, -0.2) is 0 Å². The molecule has 0 bridgehead atoms. The number of nitrogens with one attached hydrogen (secondary N) is 1. The number of nitrogens with two attached hydrogens (primary N) is 1. The second-order valence-electron chi connectivity index (χ2n) is 8.78. The van der Waals surface area contributed by atoms with E-state index in [2.05, 4.69) is 21.6 Å². The van der Waals surface area contributed by atoms with Gasteiger partial charge in [0.1, 0.15) is 5.82 Å². The predicted molar refractivity (Wildman–Crippen MR) is 145 cm³/mol. The summed E-state index contributed by atoms with van der Waals surface area (Å²) in [5, 5.41) is 22.0. The molecular formula is C27H24N6O2S2. The van der Waals surface area contributed by atoms with E-state index in [0.29, 0.717) is 39.9 Å². The number of aryl methyl sites for hydroxylation is 1. The highest BCUT2D eigenvalue weighted by Gasteiger charge is 2.41. The Hall–Kier alpha value is -3.94. The average Bonchev–Trinajstić information content (AvgIpc) is 3.36. The van der Waals surface area contributed by atoms with Crippen molar-refractivity contribution in [2.75, 3.05) is 16.0 Å². The number of rotatable bonds is 6. The molecule has 3 N–H and O–H groups in total. The number of benzene rings is 2. The molecule has 0 radical (unpaired) electrons. The van der Waals surface area contributed by atoms with Crippen LogP contribution in [-0.4, -0.2) is 27.6 Å². The average molecular weight is 529 g/mol. The minimum absolute atomic E-state index is 0.0229. The number of amides is 1. The molecule has 0 saturated heterocycles. The molecule has 0 saturated carbocycles. The van der Waals surface area contributed by atoms with Crippen LogP contribution >= 0.6 is 23.1 Å². The quantitative estimate of drug-likeness (QED) is 0.434. The summed E-state index contributed by atoms with van der Waals surface area (Å²) in [4.78, 5) is 27.3. The van der Waals surface area contributed by atoms with Gasteiger partial charge in [-0.2, -0.15) is 5.26 Å². The summed E-state index contributed by atoms with van der Waals surface area (Å²) < 4.78 is 0.592. The number of nitriles is 1. The molecule has 5 rings (SSSR count). The molecule has 1 atom stereocenters. The lowest BCUT2D eigenvalue weighted by molar-refractivity contribution is -0.116. The highest BCUT2D eigenvalue weighted by atomic mass is 32.2. The van der Waals surface area contributed by atoms with Crippen molar-refractivity contribution >= 4 is 45.6 Å². The first kappa shape index (κ1) is 24.7. The fraction of sp³-hybridized carbons (Fsp3) is 0.222. The summed E-state index contributed by atoms with van der Waals surface area (Å²) in [6.45, 7) is 1.98. The van der Waals surface area contributed by atoms with E-state index in [-0.39, 0.29) is 23.3 Å². The molecule has 3 aromatic rings. The SMILES string of the molecule is Cc1cccc(C2C(C#N)=C(N)N(c3nnc(SCC(=O)Nc4ccccc4)s3)C3=C2C(=O)CCC3)c1. The number of thioether (sulfide) groups is 1. The number of ketones is 1. The summed E-state index contributed by atoms with van der Waals surface area (Å²) in [5.74, 6) is -0.208. The Morgan fingerprint density at radius 3 is 2.78 bits per heavy atom. The van der Waals surface area contributed by atoms with E-state index in [1.165, 1.54) is 23.1 Å². The monoisotopic (exact) mass is 528 g/mol. The Morgan fingerprint density at radius 1 is 1.22 bits per heavy atom. The minimum atomic E-state index is -0.507. The van der Waals surface area contributed by atoms with Crippen molar-refractivity contribution in [3.63, 3.8) is 0 Å². The van der Waals surface area contributed by atoms with Crippen LogP contribution in [-0.2, 0) is 9.59 Å². The van der Waals surface area contributed by atoms with Crippen LogP contribution < -0.4 is 16.0 Å². The van der Waals surface area contributed by atoms with Crippen LogP contribution in [0.1, 0.15) is 36.3 Å². The molecule has 10 heteroatoms. The lowest BCUT2D eigenvalue weighted by atomic mass is 9.75. The molecule has 0 fully saturated rings. The van der Waals surface area contributed by atoms with Crippen molar-refractivity contribution in [1.29, 1.82) is 5.26 Å². The number of carbonyl (C=O) groups excluding carboxylic acids is 2. The maximum absolute atomic E-state index is 13.2. The number of carbonyl (C=O) groups is 2. The minimum Gasteiger partial charge on any atom is -0.384 e. The maximum Gasteiger partial charge on any atom is 0.234 e. The number of hydrogen-bond acceptors (Lipinski definition) is 9. The summed E-state index contributed by atoms with van der Waals surface area (Å²) >= 11 is 2.55. The standard InChI is InChI=1S/C27H24N6O2S2/c1-16-7-5-8-17(13-16)23-19(14-28)25(29)33(20-11-6-12-21(34)24(20)23)26-31-32-27(37-26)36-15-22(35)30-18-9-3-2-4-10-18/h2-5,7-10,13,23H,6,11-12,15,29H2,1H3,(H,30,35). The third kappa shape index (κ3) is 5.01. The van der Waals surface area contributed by atoms with Gasteiger partial charge in [-0.15, -0.1) is 10.2 Å². The Balaban J connectivity index is 1.44. The first-order valence-electron chi connectivity index (χ1n) is 11.8. The molecular weight excluding hydrogens is 504 g/mol. The Bertz CT molecular complexity index is 1470. The van der Waals surface area contributed by atoms with Crippen molar-refractivity contribution in [3.05, 3.63) is 88.4 Å². The Kier molecular flexibility index (Phi) is 7.08. The van der Waals surface area contributed by atoms with E-state index in [1.807, 2.05) is 61.5 Å². The molecule has 1 aliphatic carbocycles. The van der Waals surface area contributed by atoms with Gasteiger partial charge >= 0.3 is 0 Å². The van der Waals surface area contributed by atoms with Crippen LogP contribution in [0.5, 0.6) is 0 Å². The molecule has 1 aromatic heterocycles. The second kappa shape index (κ2) is 10.6. The lowest BCUT2D eigenvalue weighted by Crippen LogP contribution is -2.38. The number of hydrogen-bond donors (Lipinski definition) is 2. The molecule has 1 aliphatic heterocycles. The van der Waals surface area contributed by atoms with Crippen molar-refractivity contribution in [2.45, 2.75) is 36.4 Å². The van der Waals surface area contributed by atoms with Gasteiger partial charge in [0.15, 0.2) is 10.1 Å². The van der Waals surface area contributed by atoms with Gasteiger partial charge in [-0.3, -0.25) is 14.5 Å². The van der Waals surface area contributed by atoms with E-state index in [9.17, 15) is 14.9 Å². The zero-order chi connectivity index (χ0) is 25.9. The van der Waals surface area contributed by atoms with Crippen molar-refractivity contribution in [1.82, 2.24) is 10.2 Å². The van der Waals surface area contributed by atoms with Gasteiger partial charge in [0.2, 0.25) is 11.0 Å². The predicted octanol–water partition coefficient (Wildman–Crippen LogP) is 4.88. The zero-order valence-corrected chi connectivity index (χ0v) is 21.7. The van der Waals surface area contributed by atoms with E-state index >= 15 is 0 Å². The second-order valence-corrected chi connectivity index (χ2v) is 11.0. The molecule has 2 aromatic carbocycles. The third-order valence-electron chi connectivity index (χ3n) is 6.26. The van der Waals surface area contributed by atoms with Crippen molar-refractivity contribution in [2.24, 2.45) is 5.73 Å². The Morgan fingerprint density at radius 2 is 2.03 bits per heavy atom. The van der Waals surface area contributed by atoms with Gasteiger partial charge in [0, 0.05) is 23.4 Å². The van der Waals surface area contributed by atoms with E-state index in [0.717, 1.165) is 22.5 Å². The van der Waals surface area contributed by atoms with Crippen molar-refractivity contribution in [3.8, 4) is 6.07 Å². The van der Waals surface area contributed by atoms with Crippen LogP contribution in [0.2, 0.25) is 0 Å². The van der Waals surface area contributed by atoms with E-state index < -0.39 is 5.92 Å². The summed E-state index contributed by atoms with van der Waals surface area (Å²) in [5.41, 5.74) is 11.0. The third-order valence-corrected chi connectivity index (χ3v) is 8.30. The van der Waals surface area contributed by atoms with Crippen molar-refractivity contribution < 1.29 is 9.59 Å². The number of Topliss-reactive ketones (excluding diaryl/α,β-unsaturated/α-hetero) is 1. The molecule has 186 valence electrons. The molecule has 8 nitrogen and oxygen atoms in total. The number of aromatic nitrogens is 2. The zero-order valence-electron chi connectivity index (χ0n) is 20.1. The van der Waals surface area contributed by atoms with Gasteiger partial charge in [-0.05, 0) is 37.5 Å². The molecule has 1 amide bonds. The summed E-state index contributed by atoms with van der Waals surface area (Å²) in [6.07, 6.45) is 1.77. The molecule has 1 unspecified atom stereocenters. The molecule has 37 heavy (non-hydrogen) atoms. The molecule has 2 heterocycles. The number of nitrogens with zero attached hydrogens (tertiary/aromatic N) is 4. The maximum atomic E-state index is 13.2. The van der Waals surface area contributed by atoms with Gasteiger partial charge in [0.05, 0.1) is 23.3 Å². The fourth-order valence-electron chi connectivity index (χ4n) is 4.68. The molecule has 2 aliphatic rings. The normalized spacial score (nSPS) is 17.5. The van der Waals surface area contributed by atoms with Crippen LogP contribution in [0, 0.1) is 18.3 Å². The van der Waals surface area contributed by atoms with E-state index in [4.69, 9.17) is 5.73 Å². The molecule has 0 spiro atoms. The van der Waals surface area contributed by atoms with Crippen LogP contribution in [0.4, 0.5) is 10.8 Å². The van der Waals surface area contributed by atoms with Gasteiger partial charge < -0.3 is 11.1 Å². The highest BCUT2D eigenvalue weighted by molar-refractivity contribution is 8.01. The summed E-state index contributed by atoms with van der Waals surface area (Å²) in [6, 6.07) is 19.4. The summed E-state index contributed by atoms with van der Waals surface area (Å²) in [7, 11) is 0. The Labute approximate surface area is 222 Å². The lowest BCUT2D eigenvalue weighted by Gasteiger charge is -2.38. The first-order valence-corrected chi connectivity index (χ1v) is 13.6. The largest absolute Gasteiger partial charge is 0.384 e. The number of anilines is 2. The number of allylic oxidation sites excluding steroid dienone is 3. The topological polar surface area (TPSA) is 125 Å². The number of para-hydroxylation sites is 1. The van der Waals surface area contributed by atoms with Crippen LogP contribution in [0.15, 0.2) is 81.6 Å². The van der Waals surface area contributed by atoms with Gasteiger partial charge in [-0.1, -0.05) is 71.1 Å². The highest BCUT2D eigenvalue weighted by Crippen LogP contribution is 2.47. The fourth-order valence-corrected chi connectivity index (χ4v) is 6.37. The first-order chi connectivity index (χ1) is 18.0. The van der Waals surface area contributed by atoms with Crippen LogP contribution in [0.3, 0.4) is 0 Å². The van der Waals surface area contributed by atoms with E-state index in [1.54, 1.807) is 4.90 Å².